The summed E-state index contributed by atoms with van der Waals surface area (Å²) in [4.78, 5) is 11.4. The van der Waals surface area contributed by atoms with E-state index in [0.717, 1.165) is 17.0 Å². The predicted octanol–water partition coefficient (Wildman–Crippen LogP) is 2.10. The van der Waals surface area contributed by atoms with Crippen molar-refractivity contribution in [2.75, 3.05) is 12.5 Å². The second-order valence-corrected chi connectivity index (χ2v) is 3.95. The van der Waals surface area contributed by atoms with Crippen molar-refractivity contribution < 1.29 is 9.53 Å². The van der Waals surface area contributed by atoms with E-state index in [4.69, 9.17) is 4.74 Å². The molecule has 0 fully saturated rings. The van der Waals surface area contributed by atoms with E-state index in [2.05, 4.69) is 10.9 Å². The third-order valence-corrected chi connectivity index (χ3v) is 2.28. The van der Waals surface area contributed by atoms with Crippen LogP contribution in [0.25, 0.3) is 0 Å². The molecule has 0 aromatic heterocycles. The van der Waals surface area contributed by atoms with Gasteiger partial charge in [-0.3, -0.25) is 15.6 Å². The van der Waals surface area contributed by atoms with Crippen LogP contribution in [0.5, 0.6) is 5.75 Å². The molecule has 1 rings (SSSR count). The molecule has 1 amide bonds. The molecule has 0 bridgehead atoms. The fourth-order valence-corrected chi connectivity index (χ4v) is 1.18. The number of benzene rings is 1. The molecule has 1 aromatic rings. The van der Waals surface area contributed by atoms with E-state index >= 15 is 0 Å². The third-order valence-electron chi connectivity index (χ3n) is 2.28. The van der Waals surface area contributed by atoms with Crippen LogP contribution in [0.4, 0.5) is 5.69 Å². The highest BCUT2D eigenvalue weighted by molar-refractivity contribution is 5.79. The number of hydrazine groups is 1. The number of methoxy groups -OCH3 is 1. The normalized spacial score (nSPS) is 10.1. The van der Waals surface area contributed by atoms with Crippen LogP contribution < -0.4 is 15.6 Å². The average molecular weight is 222 g/mol. The van der Waals surface area contributed by atoms with Gasteiger partial charge in [0.2, 0.25) is 5.91 Å². The highest BCUT2D eigenvalue weighted by Gasteiger charge is 2.06. The molecule has 0 atom stereocenters. The van der Waals surface area contributed by atoms with Gasteiger partial charge in [-0.25, -0.2) is 0 Å². The monoisotopic (exact) mass is 222 g/mol. The van der Waals surface area contributed by atoms with Crippen LogP contribution in [0.1, 0.15) is 19.4 Å². The Balaban J connectivity index is 2.64. The van der Waals surface area contributed by atoms with Crippen LogP contribution in [0, 0.1) is 12.8 Å². The second kappa shape index (κ2) is 5.39. The first kappa shape index (κ1) is 12.4. The molecular formula is C12H18N2O2. The smallest absolute Gasteiger partial charge is 0.240 e. The number of rotatable bonds is 4. The second-order valence-electron chi connectivity index (χ2n) is 3.95. The number of nitrogens with one attached hydrogen (secondary N) is 2. The molecule has 0 saturated heterocycles. The summed E-state index contributed by atoms with van der Waals surface area (Å²) in [5.74, 6) is 0.736. The zero-order valence-electron chi connectivity index (χ0n) is 10.1. The van der Waals surface area contributed by atoms with E-state index in [1.807, 2.05) is 39.0 Å². The van der Waals surface area contributed by atoms with Crippen molar-refractivity contribution in [1.82, 2.24) is 5.43 Å². The lowest BCUT2D eigenvalue weighted by atomic mass is 10.2. The van der Waals surface area contributed by atoms with E-state index in [1.165, 1.54) is 0 Å². The van der Waals surface area contributed by atoms with Crippen LogP contribution in [-0.2, 0) is 4.79 Å². The van der Waals surface area contributed by atoms with Gasteiger partial charge in [0.05, 0.1) is 12.8 Å². The molecule has 0 heterocycles. The van der Waals surface area contributed by atoms with E-state index in [9.17, 15) is 4.79 Å². The number of carbonyl (C=O) groups is 1. The summed E-state index contributed by atoms with van der Waals surface area (Å²) in [6.07, 6.45) is 0. The number of hydrogen-bond donors (Lipinski definition) is 2. The summed E-state index contributed by atoms with van der Waals surface area (Å²) in [6, 6.07) is 5.62. The molecule has 0 unspecified atom stereocenters. The van der Waals surface area contributed by atoms with Crippen LogP contribution in [-0.4, -0.2) is 13.0 Å². The predicted molar refractivity (Wildman–Crippen MR) is 64.3 cm³/mol. The molecule has 0 aliphatic heterocycles. The summed E-state index contributed by atoms with van der Waals surface area (Å²) >= 11 is 0. The Labute approximate surface area is 96.0 Å². The highest BCUT2D eigenvalue weighted by Crippen LogP contribution is 2.20. The van der Waals surface area contributed by atoms with Gasteiger partial charge in [0.25, 0.3) is 0 Å². The van der Waals surface area contributed by atoms with E-state index in [1.54, 1.807) is 7.11 Å². The molecule has 0 aliphatic rings. The summed E-state index contributed by atoms with van der Waals surface area (Å²) in [7, 11) is 1.63. The van der Waals surface area contributed by atoms with E-state index < -0.39 is 0 Å². The third kappa shape index (κ3) is 3.15. The van der Waals surface area contributed by atoms with Gasteiger partial charge in [-0.15, -0.1) is 0 Å². The number of anilines is 1. The fourth-order valence-electron chi connectivity index (χ4n) is 1.18. The largest absolute Gasteiger partial charge is 0.497 e. The number of ether oxygens (including phenoxy) is 1. The SMILES string of the molecule is COc1ccc(NNC(=O)C(C)C)c(C)c1. The lowest BCUT2D eigenvalue weighted by molar-refractivity contribution is -0.123. The maximum absolute atomic E-state index is 11.4. The lowest BCUT2D eigenvalue weighted by Gasteiger charge is -2.13. The number of amides is 1. The van der Waals surface area contributed by atoms with Crippen molar-refractivity contribution >= 4 is 11.6 Å². The molecular weight excluding hydrogens is 204 g/mol. The molecule has 16 heavy (non-hydrogen) atoms. The quantitative estimate of drug-likeness (QED) is 0.767. The molecule has 0 aliphatic carbocycles. The van der Waals surface area contributed by atoms with E-state index in [0.29, 0.717) is 0 Å². The van der Waals surface area contributed by atoms with Crippen molar-refractivity contribution in [1.29, 1.82) is 0 Å². The Morgan fingerprint density at radius 3 is 2.56 bits per heavy atom. The molecule has 0 radical (unpaired) electrons. The molecule has 0 spiro atoms. The summed E-state index contributed by atoms with van der Waals surface area (Å²) < 4.78 is 5.10. The summed E-state index contributed by atoms with van der Waals surface area (Å²) in [5, 5.41) is 0. The molecule has 1 aromatic carbocycles. The number of carbonyl (C=O) groups excluding carboxylic acids is 1. The first-order chi connectivity index (χ1) is 7.54. The van der Waals surface area contributed by atoms with Crippen molar-refractivity contribution in [2.24, 2.45) is 5.92 Å². The van der Waals surface area contributed by atoms with Crippen LogP contribution in [0.2, 0.25) is 0 Å². The van der Waals surface area contributed by atoms with Crippen LogP contribution in [0.15, 0.2) is 18.2 Å². The Morgan fingerprint density at radius 1 is 1.38 bits per heavy atom. The van der Waals surface area contributed by atoms with Gasteiger partial charge in [-0.1, -0.05) is 13.8 Å². The lowest BCUT2D eigenvalue weighted by Crippen LogP contribution is -2.33. The molecule has 0 saturated carbocycles. The topological polar surface area (TPSA) is 50.4 Å². The minimum atomic E-state index is -0.0361. The maximum Gasteiger partial charge on any atom is 0.240 e. The Hall–Kier alpha value is -1.71. The number of aryl methyl sites for hydroxylation is 1. The average Bonchev–Trinajstić information content (AvgIpc) is 2.26. The van der Waals surface area contributed by atoms with Gasteiger partial charge in [-0.2, -0.15) is 0 Å². The fraction of sp³-hybridized carbons (Fsp3) is 0.417. The van der Waals surface area contributed by atoms with Crippen LogP contribution >= 0.6 is 0 Å². The standard InChI is InChI=1S/C12H18N2O2/c1-8(2)12(15)14-13-11-6-5-10(16-4)7-9(11)3/h5-8,13H,1-4H3,(H,14,15). The first-order valence-electron chi connectivity index (χ1n) is 5.25. The minimum Gasteiger partial charge on any atom is -0.497 e. The minimum absolute atomic E-state index is 0.0322. The zero-order chi connectivity index (χ0) is 12.1. The van der Waals surface area contributed by atoms with Crippen molar-refractivity contribution in [2.45, 2.75) is 20.8 Å². The van der Waals surface area contributed by atoms with E-state index in [-0.39, 0.29) is 11.8 Å². The van der Waals surface area contributed by atoms with Crippen LogP contribution in [0.3, 0.4) is 0 Å². The van der Waals surface area contributed by atoms with Gasteiger partial charge in [-0.05, 0) is 30.7 Å². The van der Waals surface area contributed by atoms with Crippen molar-refractivity contribution in [3.05, 3.63) is 23.8 Å². The highest BCUT2D eigenvalue weighted by atomic mass is 16.5. The van der Waals surface area contributed by atoms with Crippen molar-refractivity contribution in [3.8, 4) is 5.75 Å². The summed E-state index contributed by atoms with van der Waals surface area (Å²) in [6.45, 7) is 5.64. The Morgan fingerprint density at radius 2 is 2.06 bits per heavy atom. The van der Waals surface area contributed by atoms with Crippen molar-refractivity contribution in [3.63, 3.8) is 0 Å². The molecule has 4 heteroatoms. The number of hydrogen-bond acceptors (Lipinski definition) is 3. The first-order valence-corrected chi connectivity index (χ1v) is 5.25. The summed E-state index contributed by atoms with van der Waals surface area (Å²) in [5.41, 5.74) is 7.42. The maximum atomic E-state index is 11.4. The molecule has 4 nitrogen and oxygen atoms in total. The molecule has 2 N–H and O–H groups in total. The van der Waals surface area contributed by atoms with Gasteiger partial charge in [0, 0.05) is 5.92 Å². The molecule has 88 valence electrons. The Bertz CT molecular complexity index is 375. The Kier molecular flexibility index (Phi) is 4.17. The zero-order valence-corrected chi connectivity index (χ0v) is 10.1. The van der Waals surface area contributed by atoms with Gasteiger partial charge >= 0.3 is 0 Å². The van der Waals surface area contributed by atoms with Gasteiger partial charge < -0.3 is 4.74 Å². The van der Waals surface area contributed by atoms with Gasteiger partial charge in [0.15, 0.2) is 0 Å². The van der Waals surface area contributed by atoms with Gasteiger partial charge in [0.1, 0.15) is 5.75 Å².